The van der Waals surface area contributed by atoms with Crippen LogP contribution in [0.3, 0.4) is 0 Å². The van der Waals surface area contributed by atoms with E-state index >= 15 is 0 Å². The van der Waals surface area contributed by atoms with Gasteiger partial charge in [-0.2, -0.15) is 4.52 Å². The Balaban J connectivity index is 1.87. The molecule has 0 aliphatic carbocycles. The number of aromatic nitrogens is 4. The number of aryl methyl sites for hydroxylation is 1. The van der Waals surface area contributed by atoms with Crippen LogP contribution in [0, 0.1) is 12.7 Å². The highest BCUT2D eigenvalue weighted by Crippen LogP contribution is 2.25. The average molecular weight is 356 g/mol. The molecule has 0 aliphatic heterocycles. The number of fused-ring (bicyclic) bond motifs is 3. The summed E-state index contributed by atoms with van der Waals surface area (Å²) in [6.07, 6.45) is 0. The molecular formula is C18H15ClFN5. The molecule has 2 aromatic heterocycles. The van der Waals surface area contributed by atoms with Gasteiger partial charge in [-0.1, -0.05) is 29.8 Å². The lowest BCUT2D eigenvalue weighted by atomic mass is 10.2. The van der Waals surface area contributed by atoms with Gasteiger partial charge in [0.2, 0.25) is 5.95 Å². The molecule has 126 valence electrons. The number of nitrogens with zero attached hydrogens (tertiary/aromatic N) is 5. The van der Waals surface area contributed by atoms with Crippen molar-refractivity contribution in [3.63, 3.8) is 0 Å². The van der Waals surface area contributed by atoms with Gasteiger partial charge in [0.15, 0.2) is 5.65 Å². The molecule has 4 aromatic rings. The van der Waals surface area contributed by atoms with Crippen molar-refractivity contribution in [1.29, 1.82) is 0 Å². The highest BCUT2D eigenvalue weighted by Gasteiger charge is 2.17. The van der Waals surface area contributed by atoms with Crippen molar-refractivity contribution in [2.75, 3.05) is 11.9 Å². The third kappa shape index (κ3) is 2.68. The van der Waals surface area contributed by atoms with E-state index in [-0.39, 0.29) is 12.4 Å². The zero-order valence-electron chi connectivity index (χ0n) is 13.7. The van der Waals surface area contributed by atoms with Gasteiger partial charge in [0.25, 0.3) is 0 Å². The molecule has 0 bridgehead atoms. The molecule has 0 N–H and O–H groups in total. The molecule has 0 aliphatic rings. The molecule has 0 spiro atoms. The predicted molar refractivity (Wildman–Crippen MR) is 96.5 cm³/mol. The number of halogens is 2. The molecule has 0 unspecified atom stereocenters. The molecule has 2 heterocycles. The first-order chi connectivity index (χ1) is 12.0. The molecular weight excluding hydrogens is 341 g/mol. The topological polar surface area (TPSA) is 46.3 Å². The quantitative estimate of drug-likeness (QED) is 0.557. The summed E-state index contributed by atoms with van der Waals surface area (Å²) in [6, 6.07) is 12.4. The van der Waals surface area contributed by atoms with Crippen LogP contribution >= 0.6 is 11.6 Å². The van der Waals surface area contributed by atoms with E-state index in [4.69, 9.17) is 16.6 Å². The van der Waals surface area contributed by atoms with Gasteiger partial charge in [-0.3, -0.25) is 0 Å². The predicted octanol–water partition coefficient (Wildman–Crippen LogP) is 4.01. The number of para-hydroxylation sites is 1. The van der Waals surface area contributed by atoms with Crippen molar-refractivity contribution in [1.82, 2.24) is 19.6 Å². The summed E-state index contributed by atoms with van der Waals surface area (Å²) in [5.74, 6) is 0.886. The smallest absolute Gasteiger partial charge is 0.229 e. The number of hydrogen-bond donors (Lipinski definition) is 0. The first-order valence-electron chi connectivity index (χ1n) is 7.81. The summed E-state index contributed by atoms with van der Waals surface area (Å²) >= 11 is 6.16. The van der Waals surface area contributed by atoms with Gasteiger partial charge in [0, 0.05) is 29.6 Å². The maximum atomic E-state index is 14.1. The van der Waals surface area contributed by atoms with Gasteiger partial charge in [-0.25, -0.2) is 14.4 Å². The highest BCUT2D eigenvalue weighted by molar-refractivity contribution is 6.31. The molecule has 2 aromatic carbocycles. The summed E-state index contributed by atoms with van der Waals surface area (Å²) in [5.41, 5.74) is 1.96. The zero-order valence-corrected chi connectivity index (χ0v) is 14.5. The first-order valence-corrected chi connectivity index (χ1v) is 8.18. The Morgan fingerprint density at radius 3 is 2.72 bits per heavy atom. The molecule has 0 atom stereocenters. The van der Waals surface area contributed by atoms with Crippen LogP contribution in [0.15, 0.2) is 42.5 Å². The maximum absolute atomic E-state index is 14.1. The van der Waals surface area contributed by atoms with Crippen LogP contribution < -0.4 is 4.90 Å². The fraction of sp³-hybridized carbons (Fsp3) is 0.167. The minimum absolute atomic E-state index is 0.269. The minimum atomic E-state index is -0.342. The van der Waals surface area contributed by atoms with Crippen LogP contribution in [0.1, 0.15) is 11.4 Å². The normalized spacial score (nSPS) is 11.4. The number of hydrogen-bond acceptors (Lipinski definition) is 4. The monoisotopic (exact) mass is 355 g/mol. The average Bonchev–Trinajstić information content (AvgIpc) is 2.99. The third-order valence-electron chi connectivity index (χ3n) is 4.07. The van der Waals surface area contributed by atoms with E-state index in [9.17, 15) is 4.39 Å². The molecule has 25 heavy (non-hydrogen) atoms. The second-order valence-electron chi connectivity index (χ2n) is 5.88. The van der Waals surface area contributed by atoms with Gasteiger partial charge in [-0.15, -0.1) is 5.10 Å². The maximum Gasteiger partial charge on any atom is 0.229 e. The SMILES string of the molecule is Cc1nc2c3ccccc3nc(N(C)Cc3c(F)cccc3Cl)n2n1. The second-order valence-corrected chi connectivity index (χ2v) is 6.29. The molecule has 0 amide bonds. The van der Waals surface area contributed by atoms with Crippen LogP contribution in [0.4, 0.5) is 10.3 Å². The van der Waals surface area contributed by atoms with Gasteiger partial charge in [0.1, 0.15) is 11.6 Å². The number of anilines is 1. The summed E-state index contributed by atoms with van der Waals surface area (Å²) in [6.45, 7) is 2.10. The first kappa shape index (κ1) is 15.8. The van der Waals surface area contributed by atoms with Crippen molar-refractivity contribution in [2.45, 2.75) is 13.5 Å². The van der Waals surface area contributed by atoms with E-state index < -0.39 is 0 Å². The Hall–Kier alpha value is -2.73. The lowest BCUT2D eigenvalue weighted by Crippen LogP contribution is -2.22. The molecule has 5 nitrogen and oxygen atoms in total. The van der Waals surface area contributed by atoms with E-state index in [0.29, 0.717) is 22.4 Å². The molecule has 0 radical (unpaired) electrons. The summed E-state index contributed by atoms with van der Waals surface area (Å²) in [7, 11) is 1.83. The molecule has 0 saturated carbocycles. The minimum Gasteiger partial charge on any atom is -0.339 e. The van der Waals surface area contributed by atoms with E-state index in [1.807, 2.05) is 43.1 Å². The largest absolute Gasteiger partial charge is 0.339 e. The summed E-state index contributed by atoms with van der Waals surface area (Å²) in [4.78, 5) is 11.0. The second kappa shape index (κ2) is 5.97. The van der Waals surface area contributed by atoms with Gasteiger partial charge >= 0.3 is 0 Å². The Kier molecular flexibility index (Phi) is 3.77. The standard InChI is InChI=1S/C18H15ClFN5/c1-11-21-17-12-6-3-4-9-16(12)22-18(25(17)23-11)24(2)10-13-14(19)7-5-8-15(13)20/h3-9H,10H2,1-2H3. The van der Waals surface area contributed by atoms with Crippen LogP contribution in [0.2, 0.25) is 5.02 Å². The van der Waals surface area contributed by atoms with Crippen molar-refractivity contribution in [3.05, 3.63) is 64.7 Å². The Morgan fingerprint density at radius 1 is 1.12 bits per heavy atom. The lowest BCUT2D eigenvalue weighted by Gasteiger charge is -2.20. The van der Waals surface area contributed by atoms with Crippen molar-refractivity contribution in [2.24, 2.45) is 0 Å². The number of benzene rings is 2. The van der Waals surface area contributed by atoms with E-state index in [1.165, 1.54) is 6.07 Å². The van der Waals surface area contributed by atoms with Crippen LogP contribution in [-0.4, -0.2) is 26.6 Å². The Bertz CT molecular complexity index is 1070. The molecule has 7 heteroatoms. The van der Waals surface area contributed by atoms with Gasteiger partial charge < -0.3 is 4.90 Å². The van der Waals surface area contributed by atoms with E-state index in [0.717, 1.165) is 16.6 Å². The zero-order chi connectivity index (χ0) is 17.6. The third-order valence-corrected chi connectivity index (χ3v) is 4.42. The highest BCUT2D eigenvalue weighted by atomic mass is 35.5. The van der Waals surface area contributed by atoms with Gasteiger partial charge in [0.05, 0.1) is 5.52 Å². The fourth-order valence-corrected chi connectivity index (χ4v) is 3.11. The molecule has 0 fully saturated rings. The van der Waals surface area contributed by atoms with Crippen molar-refractivity contribution in [3.8, 4) is 0 Å². The summed E-state index contributed by atoms with van der Waals surface area (Å²) in [5, 5.41) is 5.75. The Morgan fingerprint density at radius 2 is 1.92 bits per heavy atom. The van der Waals surface area contributed by atoms with Crippen molar-refractivity contribution < 1.29 is 4.39 Å². The van der Waals surface area contributed by atoms with Crippen LogP contribution in [0.5, 0.6) is 0 Å². The Labute approximate surface area is 148 Å². The van der Waals surface area contributed by atoms with E-state index in [2.05, 4.69) is 10.1 Å². The van der Waals surface area contributed by atoms with Crippen LogP contribution in [-0.2, 0) is 6.54 Å². The number of rotatable bonds is 3. The lowest BCUT2D eigenvalue weighted by molar-refractivity contribution is 0.606. The van der Waals surface area contributed by atoms with E-state index in [1.54, 1.807) is 16.6 Å². The molecule has 4 rings (SSSR count). The molecule has 0 saturated heterocycles. The van der Waals surface area contributed by atoms with Crippen LogP contribution in [0.25, 0.3) is 16.6 Å². The van der Waals surface area contributed by atoms with Gasteiger partial charge in [-0.05, 0) is 31.2 Å². The summed E-state index contributed by atoms with van der Waals surface area (Å²) < 4.78 is 15.8. The fourth-order valence-electron chi connectivity index (χ4n) is 2.88. The van der Waals surface area contributed by atoms with Crippen molar-refractivity contribution >= 4 is 34.1 Å².